The van der Waals surface area contributed by atoms with E-state index in [1.54, 1.807) is 0 Å². The lowest BCUT2D eigenvalue weighted by Crippen LogP contribution is -2.32. The molecule has 0 amide bonds. The third-order valence-corrected chi connectivity index (χ3v) is 3.88. The first kappa shape index (κ1) is 14.8. The Kier molecular flexibility index (Phi) is 4.53. The van der Waals surface area contributed by atoms with Gasteiger partial charge in [-0.2, -0.15) is 0 Å². The number of nitrogens with one attached hydrogen (secondary N) is 1. The molecule has 1 atom stereocenters. The second-order valence-electron chi connectivity index (χ2n) is 5.65. The van der Waals surface area contributed by atoms with Gasteiger partial charge in [0, 0.05) is 56.8 Å². The van der Waals surface area contributed by atoms with Crippen molar-refractivity contribution < 1.29 is 0 Å². The number of imidazole rings is 2. The lowest BCUT2D eigenvalue weighted by Gasteiger charge is -2.15. The van der Waals surface area contributed by atoms with E-state index in [2.05, 4.69) is 50.5 Å². The molecule has 0 saturated carbocycles. The highest BCUT2D eigenvalue weighted by Gasteiger charge is 2.06. The predicted molar refractivity (Wildman–Crippen MR) is 88.0 cm³/mol. The molecule has 0 aliphatic rings. The van der Waals surface area contributed by atoms with Crippen LogP contribution in [0.4, 0.5) is 0 Å². The molecule has 5 heteroatoms. The summed E-state index contributed by atoms with van der Waals surface area (Å²) in [7, 11) is 0. The van der Waals surface area contributed by atoms with Crippen LogP contribution in [0.3, 0.4) is 0 Å². The fourth-order valence-electron chi connectivity index (χ4n) is 2.73. The molecule has 0 fully saturated rings. The Morgan fingerprint density at radius 2 is 2.18 bits per heavy atom. The number of aryl methyl sites for hydroxylation is 1. The summed E-state index contributed by atoms with van der Waals surface area (Å²) < 4.78 is 4.29. The van der Waals surface area contributed by atoms with Gasteiger partial charge in [-0.25, -0.2) is 9.97 Å². The highest BCUT2D eigenvalue weighted by molar-refractivity contribution is 5.39. The van der Waals surface area contributed by atoms with E-state index < -0.39 is 0 Å². The Bertz CT molecular complexity index is 694. The zero-order valence-electron chi connectivity index (χ0n) is 13.2. The minimum Gasteiger partial charge on any atom is -0.333 e. The second kappa shape index (κ2) is 6.75. The highest BCUT2D eigenvalue weighted by atomic mass is 15.1. The van der Waals surface area contributed by atoms with Crippen molar-refractivity contribution in [2.75, 3.05) is 6.54 Å². The molecule has 0 aliphatic heterocycles. The van der Waals surface area contributed by atoms with Crippen molar-refractivity contribution in [1.29, 1.82) is 0 Å². The summed E-state index contributed by atoms with van der Waals surface area (Å²) in [6.45, 7) is 6.24. The molecule has 3 rings (SSSR count). The smallest absolute Gasteiger partial charge is 0.136 e. The SMILES string of the molecule is CCc1nccn1C[C@@H](C)NCCc1cn2ccccc2n1. The molecule has 0 bridgehead atoms. The molecule has 116 valence electrons. The standard InChI is InChI=1S/C17H23N5/c1-3-16-19-9-11-22(16)12-14(2)18-8-7-15-13-21-10-5-4-6-17(21)20-15/h4-6,9-11,13-14,18H,3,7-8,12H2,1-2H3/t14-/m1/s1. The van der Waals surface area contributed by atoms with Crippen molar-refractivity contribution >= 4 is 5.65 Å². The summed E-state index contributed by atoms with van der Waals surface area (Å²) in [5.74, 6) is 1.15. The van der Waals surface area contributed by atoms with Crippen LogP contribution in [0.25, 0.3) is 5.65 Å². The van der Waals surface area contributed by atoms with Gasteiger partial charge in [-0.05, 0) is 19.1 Å². The number of hydrogen-bond acceptors (Lipinski definition) is 3. The Labute approximate surface area is 131 Å². The summed E-state index contributed by atoms with van der Waals surface area (Å²) in [5, 5.41) is 3.57. The Morgan fingerprint density at radius 1 is 1.27 bits per heavy atom. The maximum atomic E-state index is 4.62. The van der Waals surface area contributed by atoms with Crippen LogP contribution in [0, 0.1) is 0 Å². The Morgan fingerprint density at radius 3 is 3.00 bits per heavy atom. The minimum absolute atomic E-state index is 0.413. The third kappa shape index (κ3) is 3.36. The van der Waals surface area contributed by atoms with E-state index >= 15 is 0 Å². The number of rotatable bonds is 7. The van der Waals surface area contributed by atoms with Crippen LogP contribution < -0.4 is 5.32 Å². The fourth-order valence-corrected chi connectivity index (χ4v) is 2.73. The number of aromatic nitrogens is 4. The van der Waals surface area contributed by atoms with Crippen LogP contribution >= 0.6 is 0 Å². The number of hydrogen-bond donors (Lipinski definition) is 1. The van der Waals surface area contributed by atoms with E-state index in [0.29, 0.717) is 6.04 Å². The normalized spacial score (nSPS) is 12.8. The van der Waals surface area contributed by atoms with Gasteiger partial charge in [-0.1, -0.05) is 13.0 Å². The van der Waals surface area contributed by atoms with Crippen LogP contribution in [0.5, 0.6) is 0 Å². The number of nitrogens with zero attached hydrogens (tertiary/aromatic N) is 4. The maximum Gasteiger partial charge on any atom is 0.136 e. The molecular formula is C17H23N5. The molecule has 1 N–H and O–H groups in total. The first-order chi connectivity index (χ1) is 10.8. The van der Waals surface area contributed by atoms with Gasteiger partial charge in [-0.15, -0.1) is 0 Å². The van der Waals surface area contributed by atoms with Crippen molar-refractivity contribution in [2.45, 2.75) is 39.3 Å². The molecule has 3 aromatic rings. The molecule has 0 aliphatic carbocycles. The predicted octanol–water partition coefficient (Wildman–Crippen LogP) is 2.31. The molecule has 3 aromatic heterocycles. The van der Waals surface area contributed by atoms with Crippen LogP contribution in [-0.2, 0) is 19.4 Å². The van der Waals surface area contributed by atoms with Crippen molar-refractivity contribution in [3.63, 3.8) is 0 Å². The van der Waals surface area contributed by atoms with Crippen LogP contribution in [0.15, 0.2) is 43.0 Å². The largest absolute Gasteiger partial charge is 0.333 e. The summed E-state index contributed by atoms with van der Waals surface area (Å²) in [6, 6.07) is 6.49. The van der Waals surface area contributed by atoms with Gasteiger partial charge in [0.05, 0.1) is 5.69 Å². The Balaban J connectivity index is 1.50. The monoisotopic (exact) mass is 297 g/mol. The topological polar surface area (TPSA) is 47.2 Å². The summed E-state index contributed by atoms with van der Waals surface area (Å²) in [5.41, 5.74) is 2.14. The van der Waals surface area contributed by atoms with E-state index in [4.69, 9.17) is 0 Å². The van der Waals surface area contributed by atoms with Crippen LogP contribution in [-0.4, -0.2) is 31.5 Å². The summed E-state index contributed by atoms with van der Waals surface area (Å²) >= 11 is 0. The van der Waals surface area contributed by atoms with Crippen molar-refractivity contribution in [1.82, 2.24) is 24.3 Å². The van der Waals surface area contributed by atoms with Gasteiger partial charge in [0.2, 0.25) is 0 Å². The van der Waals surface area contributed by atoms with Gasteiger partial charge >= 0.3 is 0 Å². The molecule has 0 aromatic carbocycles. The third-order valence-electron chi connectivity index (χ3n) is 3.88. The van der Waals surface area contributed by atoms with E-state index in [0.717, 1.165) is 43.1 Å². The quantitative estimate of drug-likeness (QED) is 0.728. The fraction of sp³-hybridized carbons (Fsp3) is 0.412. The Hall–Kier alpha value is -2.14. The van der Waals surface area contributed by atoms with E-state index in [9.17, 15) is 0 Å². The second-order valence-corrected chi connectivity index (χ2v) is 5.65. The molecule has 0 unspecified atom stereocenters. The van der Waals surface area contributed by atoms with Gasteiger partial charge < -0.3 is 14.3 Å². The van der Waals surface area contributed by atoms with Crippen LogP contribution in [0.2, 0.25) is 0 Å². The van der Waals surface area contributed by atoms with E-state index in [-0.39, 0.29) is 0 Å². The number of pyridine rings is 1. The zero-order valence-corrected chi connectivity index (χ0v) is 13.2. The minimum atomic E-state index is 0.413. The molecular weight excluding hydrogens is 274 g/mol. The van der Waals surface area contributed by atoms with Gasteiger partial charge in [0.15, 0.2) is 0 Å². The summed E-state index contributed by atoms with van der Waals surface area (Å²) in [6.07, 6.45) is 9.98. The molecule has 22 heavy (non-hydrogen) atoms. The van der Waals surface area contributed by atoms with Crippen molar-refractivity contribution in [3.8, 4) is 0 Å². The van der Waals surface area contributed by atoms with Crippen LogP contribution in [0.1, 0.15) is 25.4 Å². The van der Waals surface area contributed by atoms with Crippen molar-refractivity contribution in [3.05, 3.63) is 54.5 Å². The average Bonchev–Trinajstić information content (AvgIpc) is 3.12. The molecule has 3 heterocycles. The lowest BCUT2D eigenvalue weighted by molar-refractivity contribution is 0.470. The first-order valence-electron chi connectivity index (χ1n) is 7.92. The highest BCUT2D eigenvalue weighted by Crippen LogP contribution is 2.05. The molecule has 0 saturated heterocycles. The average molecular weight is 297 g/mol. The molecule has 0 spiro atoms. The number of fused-ring (bicyclic) bond motifs is 1. The van der Waals surface area contributed by atoms with Crippen molar-refractivity contribution in [2.24, 2.45) is 0 Å². The summed E-state index contributed by atoms with van der Waals surface area (Å²) in [4.78, 5) is 8.98. The van der Waals surface area contributed by atoms with E-state index in [1.807, 2.05) is 30.6 Å². The van der Waals surface area contributed by atoms with Gasteiger partial charge in [-0.3, -0.25) is 0 Å². The van der Waals surface area contributed by atoms with E-state index in [1.165, 1.54) is 0 Å². The van der Waals surface area contributed by atoms with Gasteiger partial charge in [0.25, 0.3) is 0 Å². The lowest BCUT2D eigenvalue weighted by atomic mass is 10.3. The molecule has 0 radical (unpaired) electrons. The maximum absolute atomic E-state index is 4.62. The zero-order chi connectivity index (χ0) is 15.4. The first-order valence-corrected chi connectivity index (χ1v) is 7.92. The van der Waals surface area contributed by atoms with Gasteiger partial charge in [0.1, 0.15) is 11.5 Å². The molecule has 5 nitrogen and oxygen atoms in total.